The number of hydrogen-bond donors (Lipinski definition) is 4. The van der Waals surface area contributed by atoms with Gasteiger partial charge in [0, 0.05) is 35.5 Å². The van der Waals surface area contributed by atoms with Gasteiger partial charge in [-0.25, -0.2) is 15.0 Å². The molecule has 4 N–H and O–H groups in total. The number of fused-ring (bicyclic) bond motifs is 2. The number of anilines is 1. The molecule has 2 aromatic carbocycles. The topological polar surface area (TPSA) is 125 Å². The molecule has 7 atom stereocenters. The smallest absolute Gasteiger partial charge is 0.229 e. The van der Waals surface area contributed by atoms with Gasteiger partial charge in [0.25, 0.3) is 0 Å². The van der Waals surface area contributed by atoms with Crippen molar-refractivity contribution in [3.05, 3.63) is 82.9 Å². The quantitative estimate of drug-likeness (QED) is 0.280. The molecule has 3 saturated carbocycles. The number of amides is 1. The molecule has 10 heteroatoms. The van der Waals surface area contributed by atoms with E-state index in [1.54, 1.807) is 30.1 Å². The molecule has 4 aromatic rings. The van der Waals surface area contributed by atoms with Gasteiger partial charge in [0.05, 0.1) is 23.9 Å². The predicted octanol–water partition coefficient (Wildman–Crippen LogP) is 2.88. The number of carbonyl (C=O) groups is 1. The number of rotatable bonds is 5. The molecule has 2 heterocycles. The highest BCUT2D eigenvalue weighted by molar-refractivity contribution is 6.30. The Bertz CT molecular complexity index is 1700. The van der Waals surface area contributed by atoms with Crippen molar-refractivity contribution in [2.45, 2.75) is 43.1 Å². The fourth-order valence-electron chi connectivity index (χ4n) is 6.37. The fourth-order valence-corrected chi connectivity index (χ4v) is 6.56. The largest absolute Gasteiger partial charge is 0.389 e. The van der Waals surface area contributed by atoms with Gasteiger partial charge < -0.3 is 25.4 Å². The van der Waals surface area contributed by atoms with Crippen molar-refractivity contribution in [1.29, 1.82) is 0 Å². The molecular formula is C30H27ClN6O3. The summed E-state index contributed by atoms with van der Waals surface area (Å²) in [6, 6.07) is 17.2. The Morgan fingerprint density at radius 3 is 2.73 bits per heavy atom. The highest BCUT2D eigenvalue weighted by atomic mass is 35.5. The molecular weight excluding hydrogens is 528 g/mol. The van der Waals surface area contributed by atoms with Gasteiger partial charge in [0.15, 0.2) is 17.0 Å². The Morgan fingerprint density at radius 1 is 1.12 bits per heavy atom. The van der Waals surface area contributed by atoms with Crippen LogP contribution in [0.3, 0.4) is 0 Å². The van der Waals surface area contributed by atoms with Crippen LogP contribution in [0.25, 0.3) is 11.2 Å². The van der Waals surface area contributed by atoms with Crippen LogP contribution in [-0.2, 0) is 4.79 Å². The second-order valence-electron chi connectivity index (χ2n) is 10.8. The lowest BCUT2D eigenvalue weighted by molar-refractivity contribution is -0.132. The molecule has 7 rings (SSSR count). The molecule has 1 amide bonds. The number of nitrogens with one attached hydrogen (secondary N) is 2. The number of nitrogens with zero attached hydrogens (tertiary/aromatic N) is 4. The van der Waals surface area contributed by atoms with Crippen LogP contribution in [0.2, 0.25) is 5.02 Å². The highest BCUT2D eigenvalue weighted by Gasteiger charge is 2.75. The second kappa shape index (κ2) is 9.30. The first-order valence-electron chi connectivity index (χ1n) is 13.3. The molecule has 3 aliphatic rings. The van der Waals surface area contributed by atoms with Crippen LogP contribution >= 0.6 is 11.6 Å². The second-order valence-corrected chi connectivity index (χ2v) is 11.3. The van der Waals surface area contributed by atoms with Gasteiger partial charge in [0.2, 0.25) is 11.7 Å². The molecule has 3 aliphatic carbocycles. The van der Waals surface area contributed by atoms with Crippen molar-refractivity contribution in [2.24, 2.45) is 11.3 Å². The third kappa shape index (κ3) is 3.94. The zero-order valence-corrected chi connectivity index (χ0v) is 22.4. The first kappa shape index (κ1) is 25.0. The van der Waals surface area contributed by atoms with Crippen molar-refractivity contribution in [1.82, 2.24) is 24.8 Å². The summed E-state index contributed by atoms with van der Waals surface area (Å²) in [5, 5.41) is 28.7. The molecule has 2 aromatic heterocycles. The van der Waals surface area contributed by atoms with Crippen molar-refractivity contribution < 1.29 is 15.0 Å². The van der Waals surface area contributed by atoms with E-state index in [-0.39, 0.29) is 23.7 Å². The van der Waals surface area contributed by atoms with E-state index in [0.29, 0.717) is 34.3 Å². The monoisotopic (exact) mass is 554 g/mol. The molecule has 4 unspecified atom stereocenters. The average molecular weight is 555 g/mol. The number of imidazole rings is 1. The Morgan fingerprint density at radius 2 is 1.95 bits per heavy atom. The lowest BCUT2D eigenvalue weighted by Gasteiger charge is -2.23. The van der Waals surface area contributed by atoms with E-state index in [1.807, 2.05) is 30.3 Å². The minimum atomic E-state index is -1.18. The van der Waals surface area contributed by atoms with Crippen LogP contribution in [-0.4, -0.2) is 60.9 Å². The Kier molecular flexibility index (Phi) is 5.82. The maximum absolute atomic E-state index is 12.7. The summed E-state index contributed by atoms with van der Waals surface area (Å²) in [6.07, 6.45) is 0.725. The zero-order valence-electron chi connectivity index (χ0n) is 21.6. The minimum absolute atomic E-state index is 0.183. The molecule has 0 aliphatic heterocycles. The third-order valence-electron chi connectivity index (χ3n) is 8.55. The maximum Gasteiger partial charge on any atom is 0.229 e. The number of aliphatic hydroxyl groups excluding tert-OH is 2. The molecule has 9 nitrogen and oxygen atoms in total. The lowest BCUT2D eigenvalue weighted by atomic mass is 9.98. The van der Waals surface area contributed by atoms with Crippen LogP contribution < -0.4 is 10.6 Å². The van der Waals surface area contributed by atoms with Crippen LogP contribution in [0.1, 0.15) is 41.8 Å². The number of hydrogen-bond acceptors (Lipinski definition) is 7. The van der Waals surface area contributed by atoms with Crippen LogP contribution in [0.4, 0.5) is 5.82 Å². The summed E-state index contributed by atoms with van der Waals surface area (Å²) < 4.78 is 1.77. The van der Waals surface area contributed by atoms with E-state index in [4.69, 9.17) is 21.6 Å². The Balaban J connectivity index is 1.28. The SMILES string of the molecule is CNC(=O)[C@]12CC1[C@@H](n1cnc3c(NC4CC4c4ccccc4)nc(C#Cc4cccc(Cl)c4)nc31)C(O)[C@@H]2O. The molecule has 202 valence electrons. The summed E-state index contributed by atoms with van der Waals surface area (Å²) in [6.45, 7) is 0. The summed E-state index contributed by atoms with van der Waals surface area (Å²) in [5.41, 5.74) is 2.02. The lowest BCUT2D eigenvalue weighted by Crippen LogP contribution is -2.41. The van der Waals surface area contributed by atoms with Gasteiger partial charge in [-0.3, -0.25) is 4.79 Å². The van der Waals surface area contributed by atoms with Gasteiger partial charge >= 0.3 is 0 Å². The van der Waals surface area contributed by atoms with Gasteiger partial charge in [-0.05, 0) is 42.5 Å². The summed E-state index contributed by atoms with van der Waals surface area (Å²) in [4.78, 5) is 26.8. The molecule has 3 fully saturated rings. The number of aromatic nitrogens is 4. The number of benzene rings is 2. The molecule has 0 spiro atoms. The number of aliphatic hydroxyl groups is 2. The van der Waals surface area contributed by atoms with Crippen molar-refractivity contribution >= 4 is 34.5 Å². The summed E-state index contributed by atoms with van der Waals surface area (Å²) in [5.74, 6) is 6.84. The van der Waals surface area contributed by atoms with Gasteiger partial charge in [-0.15, -0.1) is 0 Å². The molecule has 0 bridgehead atoms. The van der Waals surface area contributed by atoms with Crippen LogP contribution in [0, 0.1) is 23.2 Å². The average Bonchev–Trinajstić information content (AvgIpc) is 3.85. The van der Waals surface area contributed by atoms with Crippen LogP contribution in [0.15, 0.2) is 60.9 Å². The van der Waals surface area contributed by atoms with Crippen molar-refractivity contribution in [2.75, 3.05) is 12.4 Å². The Hall–Kier alpha value is -3.97. The van der Waals surface area contributed by atoms with E-state index < -0.39 is 23.7 Å². The van der Waals surface area contributed by atoms with E-state index in [2.05, 4.69) is 39.6 Å². The zero-order chi connectivity index (χ0) is 27.6. The maximum atomic E-state index is 12.7. The predicted molar refractivity (Wildman–Crippen MR) is 150 cm³/mol. The highest BCUT2D eigenvalue weighted by Crippen LogP contribution is 2.67. The normalized spacial score (nSPS) is 29.8. The van der Waals surface area contributed by atoms with Crippen molar-refractivity contribution in [3.63, 3.8) is 0 Å². The minimum Gasteiger partial charge on any atom is -0.389 e. The van der Waals surface area contributed by atoms with Crippen molar-refractivity contribution in [3.8, 4) is 11.8 Å². The number of halogens is 1. The van der Waals surface area contributed by atoms with Crippen LogP contribution in [0.5, 0.6) is 0 Å². The van der Waals surface area contributed by atoms with Gasteiger partial charge in [-0.1, -0.05) is 53.9 Å². The third-order valence-corrected chi connectivity index (χ3v) is 8.78. The molecule has 40 heavy (non-hydrogen) atoms. The Labute approximate surface area is 235 Å². The van der Waals surface area contributed by atoms with Gasteiger partial charge in [0.1, 0.15) is 6.10 Å². The summed E-state index contributed by atoms with van der Waals surface area (Å²) >= 11 is 6.13. The molecule has 0 radical (unpaired) electrons. The van der Waals surface area contributed by atoms with E-state index >= 15 is 0 Å². The first-order valence-corrected chi connectivity index (χ1v) is 13.7. The van der Waals surface area contributed by atoms with E-state index in [0.717, 1.165) is 12.0 Å². The van der Waals surface area contributed by atoms with E-state index in [9.17, 15) is 15.0 Å². The first-order chi connectivity index (χ1) is 19.4. The van der Waals surface area contributed by atoms with E-state index in [1.165, 1.54) is 5.56 Å². The summed E-state index contributed by atoms with van der Waals surface area (Å²) in [7, 11) is 1.54. The molecule has 0 saturated heterocycles. The fraction of sp³-hybridized carbons (Fsp3) is 0.333. The standard InChI is InChI=1S/C30H27ClN6O3/c1-32-29(40)30-14-20(30)24(25(38)26(30)39)37-15-33-23-27(34-21-13-19(21)17-7-3-2-4-8-17)35-22(36-28(23)37)11-10-16-6-5-9-18(31)12-16/h2-9,12,15,19-21,24-26,38-39H,13-14H2,1H3,(H,32,40)(H,34,35,36)/t19?,20?,21?,24-,25?,26+,30-/m1/s1. The van der Waals surface area contributed by atoms with Gasteiger partial charge in [-0.2, -0.15) is 0 Å². The number of carbonyl (C=O) groups excluding carboxylic acids is 1.